The third-order valence-corrected chi connectivity index (χ3v) is 6.46. The summed E-state index contributed by atoms with van der Waals surface area (Å²) in [5.41, 5.74) is 1.36. The largest absolute Gasteiger partial charge is 0.393 e. The van der Waals surface area contributed by atoms with Crippen LogP contribution in [0.25, 0.3) is 0 Å². The molecule has 3 atom stereocenters. The van der Waals surface area contributed by atoms with Crippen LogP contribution in [0.15, 0.2) is 18.2 Å². The minimum absolute atomic E-state index is 0.0268. The zero-order valence-corrected chi connectivity index (χ0v) is 15.8. The van der Waals surface area contributed by atoms with Crippen molar-refractivity contribution >= 4 is 11.6 Å². The average molecular weight is 375 g/mol. The van der Waals surface area contributed by atoms with Gasteiger partial charge < -0.3 is 20.6 Å². The number of carbonyl (C=O) groups is 1. The van der Waals surface area contributed by atoms with Crippen molar-refractivity contribution in [2.45, 2.75) is 69.7 Å². The van der Waals surface area contributed by atoms with Crippen LogP contribution in [0, 0.1) is 11.7 Å². The van der Waals surface area contributed by atoms with Crippen molar-refractivity contribution in [1.82, 2.24) is 10.6 Å². The maximum absolute atomic E-state index is 14.5. The van der Waals surface area contributed by atoms with Crippen molar-refractivity contribution in [3.63, 3.8) is 0 Å². The second kappa shape index (κ2) is 8.15. The number of aliphatic hydroxyl groups excluding tert-OH is 1. The van der Waals surface area contributed by atoms with Gasteiger partial charge in [0.25, 0.3) is 0 Å². The summed E-state index contributed by atoms with van der Waals surface area (Å²) >= 11 is 0. The van der Waals surface area contributed by atoms with E-state index in [-0.39, 0.29) is 23.9 Å². The molecule has 0 aromatic heterocycles. The number of carbonyl (C=O) groups excluding carboxylic acids is 1. The number of nitrogens with zero attached hydrogens (tertiary/aromatic N) is 1. The topological polar surface area (TPSA) is 64.6 Å². The van der Waals surface area contributed by atoms with Gasteiger partial charge in [0.1, 0.15) is 5.82 Å². The van der Waals surface area contributed by atoms with Gasteiger partial charge in [0.15, 0.2) is 0 Å². The third-order valence-electron chi connectivity index (χ3n) is 6.46. The lowest BCUT2D eigenvalue weighted by Gasteiger charge is -2.31. The molecule has 148 valence electrons. The van der Waals surface area contributed by atoms with Crippen molar-refractivity contribution in [3.05, 3.63) is 29.6 Å². The smallest absolute Gasteiger partial charge is 0.237 e. The monoisotopic (exact) mass is 375 g/mol. The summed E-state index contributed by atoms with van der Waals surface area (Å²) in [4.78, 5) is 14.5. The highest BCUT2D eigenvalue weighted by atomic mass is 19.1. The lowest BCUT2D eigenvalue weighted by Crippen LogP contribution is -2.42. The van der Waals surface area contributed by atoms with Crippen molar-refractivity contribution in [1.29, 1.82) is 0 Å². The SMILES string of the molecule is O=C(NCc1ccc(N2CCC(O)CC2)c(F)c1)C1CC2CCCCC2N1. The predicted molar refractivity (Wildman–Crippen MR) is 103 cm³/mol. The minimum Gasteiger partial charge on any atom is -0.393 e. The van der Waals surface area contributed by atoms with E-state index in [0.717, 1.165) is 12.0 Å². The number of anilines is 1. The molecule has 3 aliphatic rings. The summed E-state index contributed by atoms with van der Waals surface area (Å²) < 4.78 is 14.5. The Morgan fingerprint density at radius 2 is 2.00 bits per heavy atom. The number of hydrogen-bond acceptors (Lipinski definition) is 4. The van der Waals surface area contributed by atoms with E-state index in [9.17, 15) is 14.3 Å². The van der Waals surface area contributed by atoms with Crippen molar-refractivity contribution in [3.8, 4) is 0 Å². The number of rotatable bonds is 4. The number of fused-ring (bicyclic) bond motifs is 1. The highest BCUT2D eigenvalue weighted by Gasteiger charge is 2.38. The Hall–Kier alpha value is -1.66. The molecule has 0 bridgehead atoms. The van der Waals surface area contributed by atoms with Crippen LogP contribution >= 0.6 is 0 Å². The Bertz CT molecular complexity index is 661. The summed E-state index contributed by atoms with van der Waals surface area (Å²) in [6.07, 6.45) is 6.93. The zero-order chi connectivity index (χ0) is 18.8. The van der Waals surface area contributed by atoms with Crippen molar-refractivity contribution in [2.24, 2.45) is 5.92 Å². The molecular weight excluding hydrogens is 345 g/mol. The lowest BCUT2D eigenvalue weighted by molar-refractivity contribution is -0.123. The van der Waals surface area contributed by atoms with Gasteiger partial charge in [0, 0.05) is 25.7 Å². The lowest BCUT2D eigenvalue weighted by atomic mass is 9.85. The van der Waals surface area contributed by atoms with E-state index < -0.39 is 0 Å². The predicted octanol–water partition coefficient (Wildman–Crippen LogP) is 2.32. The maximum Gasteiger partial charge on any atom is 0.237 e. The van der Waals surface area contributed by atoms with Crippen LogP contribution in [0.1, 0.15) is 50.5 Å². The van der Waals surface area contributed by atoms with Gasteiger partial charge >= 0.3 is 0 Å². The van der Waals surface area contributed by atoms with Crippen LogP contribution in [0.2, 0.25) is 0 Å². The first kappa shape index (κ1) is 18.7. The first-order valence-corrected chi connectivity index (χ1v) is 10.4. The van der Waals surface area contributed by atoms with Gasteiger partial charge in [-0.1, -0.05) is 18.9 Å². The Balaban J connectivity index is 1.31. The molecule has 1 amide bonds. The second-order valence-corrected chi connectivity index (χ2v) is 8.33. The number of nitrogens with one attached hydrogen (secondary N) is 2. The molecule has 1 aliphatic carbocycles. The third kappa shape index (κ3) is 4.27. The van der Waals surface area contributed by atoms with Gasteiger partial charge in [-0.05, 0) is 55.7 Å². The van der Waals surface area contributed by atoms with Gasteiger partial charge in [0.05, 0.1) is 17.8 Å². The number of benzene rings is 1. The standard InChI is InChI=1S/C21H30FN3O2/c22-17-11-14(5-6-20(17)25-9-7-16(26)8-10-25)13-23-21(27)19-12-15-3-1-2-4-18(15)24-19/h5-6,11,15-16,18-19,24,26H,1-4,7-10,12-13H2,(H,23,27). The van der Waals surface area contributed by atoms with Crippen LogP contribution in [0.3, 0.4) is 0 Å². The minimum atomic E-state index is -0.271. The van der Waals surface area contributed by atoms with Crippen LogP contribution in [-0.4, -0.2) is 42.3 Å². The number of amides is 1. The van der Waals surface area contributed by atoms with Crippen molar-refractivity contribution in [2.75, 3.05) is 18.0 Å². The summed E-state index contributed by atoms with van der Waals surface area (Å²) in [7, 11) is 0. The first-order chi connectivity index (χ1) is 13.1. The van der Waals surface area contributed by atoms with E-state index >= 15 is 0 Å². The van der Waals surface area contributed by atoms with Crippen LogP contribution in [-0.2, 0) is 11.3 Å². The molecule has 27 heavy (non-hydrogen) atoms. The van der Waals surface area contributed by atoms with Crippen LogP contribution in [0.5, 0.6) is 0 Å². The molecular formula is C21H30FN3O2. The molecule has 2 aliphatic heterocycles. The molecule has 0 radical (unpaired) electrons. The van der Waals surface area contributed by atoms with E-state index in [0.29, 0.717) is 50.1 Å². The van der Waals surface area contributed by atoms with E-state index in [1.807, 2.05) is 11.0 Å². The van der Waals surface area contributed by atoms with E-state index in [1.165, 1.54) is 31.7 Å². The number of halogens is 1. The van der Waals surface area contributed by atoms with Crippen molar-refractivity contribution < 1.29 is 14.3 Å². The number of hydrogen-bond donors (Lipinski definition) is 3. The highest BCUT2D eigenvalue weighted by molar-refractivity contribution is 5.82. The van der Waals surface area contributed by atoms with E-state index in [4.69, 9.17) is 0 Å². The Kier molecular flexibility index (Phi) is 5.64. The molecule has 1 aromatic carbocycles. The van der Waals surface area contributed by atoms with Gasteiger partial charge in [-0.2, -0.15) is 0 Å². The molecule has 1 aromatic rings. The molecule has 5 nitrogen and oxygen atoms in total. The molecule has 4 rings (SSSR count). The normalized spacial score (nSPS) is 28.8. The van der Waals surface area contributed by atoms with Gasteiger partial charge in [-0.15, -0.1) is 0 Å². The molecule has 0 spiro atoms. The fourth-order valence-electron chi connectivity index (χ4n) is 4.86. The molecule has 2 saturated heterocycles. The summed E-state index contributed by atoms with van der Waals surface area (Å²) in [6.45, 7) is 1.69. The molecule has 3 unspecified atom stereocenters. The quantitative estimate of drug-likeness (QED) is 0.756. The Morgan fingerprint density at radius 3 is 2.74 bits per heavy atom. The molecule has 2 heterocycles. The first-order valence-electron chi connectivity index (χ1n) is 10.4. The Labute approximate surface area is 160 Å². The second-order valence-electron chi connectivity index (χ2n) is 8.33. The number of piperidine rings is 1. The summed E-state index contributed by atoms with van der Waals surface area (Å²) in [5, 5.41) is 16.1. The fraction of sp³-hybridized carbons (Fsp3) is 0.667. The number of aliphatic hydroxyl groups is 1. The van der Waals surface area contributed by atoms with Crippen LogP contribution in [0.4, 0.5) is 10.1 Å². The van der Waals surface area contributed by atoms with Crippen LogP contribution < -0.4 is 15.5 Å². The van der Waals surface area contributed by atoms with Gasteiger partial charge in [-0.3, -0.25) is 4.79 Å². The molecule has 3 fully saturated rings. The Morgan fingerprint density at radius 1 is 1.22 bits per heavy atom. The molecule has 3 N–H and O–H groups in total. The molecule has 6 heteroatoms. The summed E-state index contributed by atoms with van der Waals surface area (Å²) in [6, 6.07) is 5.57. The van der Waals surface area contributed by atoms with Gasteiger partial charge in [0.2, 0.25) is 5.91 Å². The zero-order valence-electron chi connectivity index (χ0n) is 15.8. The average Bonchev–Trinajstić information content (AvgIpc) is 3.11. The van der Waals surface area contributed by atoms with E-state index in [2.05, 4.69) is 10.6 Å². The van der Waals surface area contributed by atoms with Gasteiger partial charge in [-0.25, -0.2) is 4.39 Å². The molecule has 1 saturated carbocycles. The van der Waals surface area contributed by atoms with E-state index in [1.54, 1.807) is 6.07 Å². The summed E-state index contributed by atoms with van der Waals surface area (Å²) in [5.74, 6) is 0.399. The maximum atomic E-state index is 14.5. The highest BCUT2D eigenvalue weighted by Crippen LogP contribution is 2.33. The fourth-order valence-corrected chi connectivity index (χ4v) is 4.86.